The van der Waals surface area contributed by atoms with Gasteiger partial charge in [0.2, 0.25) is 0 Å². The maximum absolute atomic E-state index is 11.0. The molecule has 104 valence electrons. The van der Waals surface area contributed by atoms with Crippen LogP contribution in [0.4, 0.5) is 0 Å². The Labute approximate surface area is 111 Å². The molecule has 0 aromatic carbocycles. The van der Waals surface area contributed by atoms with Crippen LogP contribution in [0.5, 0.6) is 0 Å². The average molecular weight is 265 g/mol. The quantitative estimate of drug-likeness (QED) is 0.883. The third-order valence-corrected chi connectivity index (χ3v) is 3.94. The van der Waals surface area contributed by atoms with E-state index in [1.54, 1.807) is 4.68 Å². The largest absolute Gasteiger partial charge is 0.481 e. The van der Waals surface area contributed by atoms with Gasteiger partial charge in [0.15, 0.2) is 5.82 Å². The zero-order valence-corrected chi connectivity index (χ0v) is 10.9. The number of carbonyl (C=O) groups is 1. The van der Waals surface area contributed by atoms with E-state index in [1.807, 2.05) is 0 Å². The van der Waals surface area contributed by atoms with Crippen LogP contribution in [0.15, 0.2) is 0 Å². The summed E-state index contributed by atoms with van der Waals surface area (Å²) in [5.41, 5.74) is 0. The first kappa shape index (κ1) is 12.6. The molecule has 3 heterocycles. The van der Waals surface area contributed by atoms with Gasteiger partial charge < -0.3 is 9.84 Å². The number of carboxylic acids is 1. The number of aryl methyl sites for hydroxylation is 1. The van der Waals surface area contributed by atoms with Crippen molar-refractivity contribution in [2.75, 3.05) is 6.61 Å². The van der Waals surface area contributed by atoms with Crippen molar-refractivity contribution in [3.05, 3.63) is 11.6 Å². The van der Waals surface area contributed by atoms with E-state index < -0.39 is 5.97 Å². The van der Waals surface area contributed by atoms with Crippen LogP contribution >= 0.6 is 0 Å². The van der Waals surface area contributed by atoms with E-state index in [1.165, 1.54) is 6.42 Å². The molecule has 0 saturated carbocycles. The highest BCUT2D eigenvalue weighted by atomic mass is 16.5. The van der Waals surface area contributed by atoms with Crippen molar-refractivity contribution in [1.29, 1.82) is 0 Å². The lowest BCUT2D eigenvalue weighted by atomic mass is 10.0. The van der Waals surface area contributed by atoms with Gasteiger partial charge in [-0.1, -0.05) is 0 Å². The van der Waals surface area contributed by atoms with Crippen molar-refractivity contribution in [3.8, 4) is 0 Å². The second kappa shape index (κ2) is 5.28. The normalized spacial score (nSPS) is 26.9. The van der Waals surface area contributed by atoms with Gasteiger partial charge in [-0.05, 0) is 25.7 Å². The van der Waals surface area contributed by atoms with Crippen LogP contribution in [0.2, 0.25) is 0 Å². The lowest BCUT2D eigenvalue weighted by Crippen LogP contribution is -2.27. The standard InChI is InChI=1S/C13H19N3O3/c17-13(18)9-4-5-12-14-11(15-16(12)8-9)7-10-3-1-2-6-19-10/h9-10H,1-8H2,(H,17,18). The van der Waals surface area contributed by atoms with Crippen LogP contribution in [0, 0.1) is 5.92 Å². The van der Waals surface area contributed by atoms with E-state index in [-0.39, 0.29) is 12.0 Å². The van der Waals surface area contributed by atoms with Gasteiger partial charge in [-0.15, -0.1) is 0 Å². The van der Waals surface area contributed by atoms with Gasteiger partial charge in [0.25, 0.3) is 0 Å². The Morgan fingerprint density at radius 1 is 1.42 bits per heavy atom. The number of aliphatic carboxylic acids is 1. The van der Waals surface area contributed by atoms with Gasteiger partial charge in [0.05, 0.1) is 18.6 Å². The Bertz CT molecular complexity index is 466. The summed E-state index contributed by atoms with van der Waals surface area (Å²) >= 11 is 0. The Hall–Kier alpha value is -1.43. The third-order valence-electron chi connectivity index (χ3n) is 3.94. The van der Waals surface area contributed by atoms with Crippen molar-refractivity contribution in [3.63, 3.8) is 0 Å². The van der Waals surface area contributed by atoms with Crippen LogP contribution in [0.3, 0.4) is 0 Å². The number of rotatable bonds is 3. The molecule has 0 amide bonds. The number of hydrogen-bond donors (Lipinski definition) is 1. The summed E-state index contributed by atoms with van der Waals surface area (Å²) in [4.78, 5) is 15.5. The van der Waals surface area contributed by atoms with Crippen molar-refractivity contribution >= 4 is 5.97 Å². The second-order valence-electron chi connectivity index (χ2n) is 5.39. The van der Waals surface area contributed by atoms with Crippen LogP contribution < -0.4 is 0 Å². The summed E-state index contributed by atoms with van der Waals surface area (Å²) in [6, 6.07) is 0. The van der Waals surface area contributed by atoms with E-state index in [0.717, 1.165) is 37.5 Å². The highest BCUT2D eigenvalue weighted by Gasteiger charge is 2.27. The van der Waals surface area contributed by atoms with Gasteiger partial charge in [0, 0.05) is 19.4 Å². The van der Waals surface area contributed by atoms with Crippen molar-refractivity contribution in [1.82, 2.24) is 14.8 Å². The van der Waals surface area contributed by atoms with Crippen LogP contribution in [-0.4, -0.2) is 38.6 Å². The highest BCUT2D eigenvalue weighted by molar-refractivity contribution is 5.70. The molecule has 0 aliphatic carbocycles. The van der Waals surface area contributed by atoms with E-state index in [2.05, 4.69) is 10.1 Å². The third kappa shape index (κ3) is 2.78. The summed E-state index contributed by atoms with van der Waals surface area (Å²) in [5.74, 6) is 0.655. The minimum atomic E-state index is -0.738. The van der Waals surface area contributed by atoms with Gasteiger partial charge in [-0.25, -0.2) is 9.67 Å². The first-order chi connectivity index (χ1) is 9.22. The smallest absolute Gasteiger partial charge is 0.308 e. The van der Waals surface area contributed by atoms with Gasteiger partial charge in [-0.2, -0.15) is 5.10 Å². The average Bonchev–Trinajstić information content (AvgIpc) is 2.80. The fraction of sp³-hybridized carbons (Fsp3) is 0.769. The second-order valence-corrected chi connectivity index (χ2v) is 5.39. The number of aromatic nitrogens is 3. The Kier molecular flexibility index (Phi) is 3.50. The zero-order valence-electron chi connectivity index (χ0n) is 10.9. The zero-order chi connectivity index (χ0) is 13.2. The van der Waals surface area contributed by atoms with Gasteiger partial charge >= 0.3 is 5.97 Å². The van der Waals surface area contributed by atoms with E-state index >= 15 is 0 Å². The SMILES string of the molecule is O=C(O)C1CCc2nc(CC3CCCCO3)nn2C1. The molecular formula is C13H19N3O3. The number of fused-ring (bicyclic) bond motifs is 1. The van der Waals surface area contributed by atoms with E-state index in [0.29, 0.717) is 19.4 Å². The molecule has 2 atom stereocenters. The topological polar surface area (TPSA) is 77.2 Å². The molecule has 6 nitrogen and oxygen atoms in total. The summed E-state index contributed by atoms with van der Waals surface area (Å²) in [5, 5.41) is 13.5. The molecular weight excluding hydrogens is 246 g/mol. The Morgan fingerprint density at radius 3 is 3.05 bits per heavy atom. The molecule has 1 aromatic heterocycles. The summed E-state index contributed by atoms with van der Waals surface area (Å²) in [6.45, 7) is 1.28. The first-order valence-corrected chi connectivity index (χ1v) is 6.99. The fourth-order valence-electron chi connectivity index (χ4n) is 2.82. The highest BCUT2D eigenvalue weighted by Crippen LogP contribution is 2.20. The molecule has 2 aliphatic heterocycles. The minimum Gasteiger partial charge on any atom is -0.481 e. The predicted octanol–water partition coefficient (Wildman–Crippen LogP) is 1.04. The van der Waals surface area contributed by atoms with Crippen molar-refractivity contribution in [2.24, 2.45) is 5.92 Å². The maximum atomic E-state index is 11.0. The molecule has 2 aliphatic rings. The number of nitrogens with zero attached hydrogens (tertiary/aromatic N) is 3. The van der Waals surface area contributed by atoms with E-state index in [4.69, 9.17) is 9.84 Å². The van der Waals surface area contributed by atoms with Crippen LogP contribution in [0.1, 0.15) is 37.3 Å². The molecule has 0 bridgehead atoms. The molecule has 3 rings (SSSR count). The minimum absolute atomic E-state index is 0.230. The maximum Gasteiger partial charge on any atom is 0.308 e. The molecule has 1 saturated heterocycles. The lowest BCUT2D eigenvalue weighted by Gasteiger charge is -2.21. The molecule has 1 fully saturated rings. The van der Waals surface area contributed by atoms with Crippen LogP contribution in [0.25, 0.3) is 0 Å². The summed E-state index contributed by atoms with van der Waals surface area (Å²) < 4.78 is 7.45. The molecule has 0 spiro atoms. The van der Waals surface area contributed by atoms with Crippen molar-refractivity contribution in [2.45, 2.75) is 51.2 Å². The molecule has 6 heteroatoms. The molecule has 1 aromatic rings. The fourth-order valence-corrected chi connectivity index (χ4v) is 2.82. The summed E-state index contributed by atoms with van der Waals surface area (Å²) in [6.07, 6.45) is 5.76. The molecule has 2 unspecified atom stereocenters. The van der Waals surface area contributed by atoms with Gasteiger partial charge in [0.1, 0.15) is 5.82 Å². The first-order valence-electron chi connectivity index (χ1n) is 6.99. The Morgan fingerprint density at radius 2 is 2.32 bits per heavy atom. The molecule has 0 radical (unpaired) electrons. The summed E-state index contributed by atoms with van der Waals surface area (Å²) in [7, 11) is 0. The van der Waals surface area contributed by atoms with Crippen molar-refractivity contribution < 1.29 is 14.6 Å². The molecule has 19 heavy (non-hydrogen) atoms. The monoisotopic (exact) mass is 265 g/mol. The predicted molar refractivity (Wildman–Crippen MR) is 66.8 cm³/mol. The number of hydrogen-bond acceptors (Lipinski definition) is 4. The molecule has 1 N–H and O–H groups in total. The van der Waals surface area contributed by atoms with Crippen LogP contribution in [-0.2, 0) is 28.9 Å². The lowest BCUT2D eigenvalue weighted by molar-refractivity contribution is -0.142. The number of carboxylic acid groups (broad SMARTS) is 1. The van der Waals surface area contributed by atoms with Gasteiger partial charge in [-0.3, -0.25) is 4.79 Å². The Balaban J connectivity index is 1.67. The van der Waals surface area contributed by atoms with E-state index in [9.17, 15) is 4.79 Å². The number of ether oxygens (including phenoxy) is 1.